The number of carbonyl (C=O) groups is 1. The normalized spacial score (nSPS) is 11.9. The van der Waals surface area contributed by atoms with Crippen LogP contribution in [0.3, 0.4) is 0 Å². The van der Waals surface area contributed by atoms with Gasteiger partial charge in [-0.1, -0.05) is 25.9 Å². The van der Waals surface area contributed by atoms with Gasteiger partial charge in [-0.2, -0.15) is 0 Å². The van der Waals surface area contributed by atoms with Gasteiger partial charge in [0.05, 0.1) is 0 Å². The Morgan fingerprint density at radius 2 is 1.88 bits per heavy atom. The Morgan fingerprint density at radius 3 is 2.47 bits per heavy atom. The van der Waals surface area contributed by atoms with E-state index >= 15 is 0 Å². The molecule has 0 aromatic rings. The molecule has 0 rings (SSSR count). The lowest BCUT2D eigenvalue weighted by molar-refractivity contribution is -0.114. The number of oxime groups is 1. The second kappa shape index (κ2) is 8.98. The molecule has 0 saturated carbocycles. The summed E-state index contributed by atoms with van der Waals surface area (Å²) in [4.78, 5) is 10.8. The maximum absolute atomic E-state index is 10.8. The predicted molar refractivity (Wildman–Crippen MR) is 69.5 cm³/mol. The minimum atomic E-state index is -0.361. The summed E-state index contributed by atoms with van der Waals surface area (Å²) in [5.41, 5.74) is 0.402. The Kier molecular flexibility index (Phi) is 8.40. The molecule has 100 valence electrons. The van der Waals surface area contributed by atoms with Crippen molar-refractivity contribution in [2.75, 3.05) is 19.6 Å². The zero-order valence-electron chi connectivity index (χ0n) is 11.1. The fourth-order valence-corrected chi connectivity index (χ4v) is 1.39. The molecule has 0 aliphatic carbocycles. The van der Waals surface area contributed by atoms with E-state index in [1.54, 1.807) is 0 Å². The van der Waals surface area contributed by atoms with Crippen LogP contribution in [0.5, 0.6) is 0 Å². The molecule has 0 aromatic carbocycles. The highest BCUT2D eigenvalue weighted by Gasteiger charge is 2.08. The van der Waals surface area contributed by atoms with Crippen LogP contribution < -0.4 is 10.6 Å². The molecule has 5 nitrogen and oxygen atoms in total. The van der Waals surface area contributed by atoms with E-state index < -0.39 is 0 Å². The molecule has 1 amide bonds. The number of rotatable bonds is 8. The van der Waals surface area contributed by atoms with Gasteiger partial charge in [-0.25, -0.2) is 0 Å². The second-order valence-corrected chi connectivity index (χ2v) is 5.30. The Balaban J connectivity index is 3.22. The molecule has 0 heterocycles. The summed E-state index contributed by atoms with van der Waals surface area (Å²) >= 11 is 0. The van der Waals surface area contributed by atoms with Crippen molar-refractivity contribution in [3.8, 4) is 0 Å². The Bertz CT molecular complexity index is 234. The fourth-order valence-electron chi connectivity index (χ4n) is 1.39. The number of amides is 1. The monoisotopic (exact) mass is 243 g/mol. The van der Waals surface area contributed by atoms with Crippen LogP contribution in [0.15, 0.2) is 5.16 Å². The summed E-state index contributed by atoms with van der Waals surface area (Å²) in [7, 11) is 0. The van der Waals surface area contributed by atoms with Crippen molar-refractivity contribution < 1.29 is 10.0 Å². The SMILES string of the molecule is CC(C)(C)CCCNCCCNC(=O)/C=N/O. The van der Waals surface area contributed by atoms with Gasteiger partial charge in [-0.05, 0) is 37.8 Å². The minimum Gasteiger partial charge on any atom is -0.411 e. The molecule has 0 aliphatic rings. The smallest absolute Gasteiger partial charge is 0.265 e. The molecule has 0 radical (unpaired) electrons. The van der Waals surface area contributed by atoms with Crippen LogP contribution >= 0.6 is 0 Å². The van der Waals surface area contributed by atoms with Gasteiger partial charge in [0.1, 0.15) is 6.21 Å². The highest BCUT2D eigenvalue weighted by molar-refractivity contribution is 6.25. The average Bonchev–Trinajstić information content (AvgIpc) is 2.21. The highest BCUT2D eigenvalue weighted by Crippen LogP contribution is 2.19. The molecular weight excluding hydrogens is 218 g/mol. The summed E-state index contributed by atoms with van der Waals surface area (Å²) in [6, 6.07) is 0. The third-order valence-corrected chi connectivity index (χ3v) is 2.28. The van der Waals surface area contributed by atoms with Crippen molar-refractivity contribution in [2.45, 2.75) is 40.0 Å². The molecule has 0 saturated heterocycles. The molecule has 17 heavy (non-hydrogen) atoms. The average molecular weight is 243 g/mol. The van der Waals surface area contributed by atoms with Crippen molar-refractivity contribution in [3.63, 3.8) is 0 Å². The van der Waals surface area contributed by atoms with Crippen molar-refractivity contribution in [3.05, 3.63) is 0 Å². The topological polar surface area (TPSA) is 73.7 Å². The van der Waals surface area contributed by atoms with E-state index in [2.05, 4.69) is 36.6 Å². The first-order valence-corrected chi connectivity index (χ1v) is 6.12. The lowest BCUT2D eigenvalue weighted by Crippen LogP contribution is -2.28. The number of carbonyl (C=O) groups excluding carboxylic acids is 1. The molecule has 0 unspecified atom stereocenters. The predicted octanol–water partition coefficient (Wildman–Crippen LogP) is 1.37. The Labute approximate surface area is 104 Å². The van der Waals surface area contributed by atoms with Crippen molar-refractivity contribution in [2.24, 2.45) is 10.6 Å². The van der Waals surface area contributed by atoms with Crippen LogP contribution in [0.25, 0.3) is 0 Å². The molecule has 0 spiro atoms. The zero-order chi connectivity index (χ0) is 13.1. The van der Waals surface area contributed by atoms with Crippen molar-refractivity contribution >= 4 is 12.1 Å². The second-order valence-electron chi connectivity index (χ2n) is 5.30. The van der Waals surface area contributed by atoms with Gasteiger partial charge >= 0.3 is 0 Å². The van der Waals surface area contributed by atoms with Crippen molar-refractivity contribution in [1.82, 2.24) is 10.6 Å². The molecule has 0 fully saturated rings. The summed E-state index contributed by atoms with van der Waals surface area (Å²) < 4.78 is 0. The molecule has 0 aliphatic heterocycles. The molecule has 0 bridgehead atoms. The van der Waals surface area contributed by atoms with Gasteiger partial charge in [0.15, 0.2) is 0 Å². The molecular formula is C12H25N3O2. The van der Waals surface area contributed by atoms with Crippen LogP contribution in [-0.2, 0) is 4.79 Å². The third-order valence-electron chi connectivity index (χ3n) is 2.28. The summed E-state index contributed by atoms with van der Waals surface area (Å²) in [6.45, 7) is 9.23. The van der Waals surface area contributed by atoms with E-state index in [0.717, 1.165) is 25.7 Å². The van der Waals surface area contributed by atoms with Gasteiger partial charge in [-0.15, -0.1) is 0 Å². The van der Waals surface area contributed by atoms with Gasteiger partial charge in [0.25, 0.3) is 5.91 Å². The first kappa shape index (κ1) is 15.9. The van der Waals surface area contributed by atoms with Gasteiger partial charge < -0.3 is 15.8 Å². The number of nitrogens with one attached hydrogen (secondary N) is 2. The minimum absolute atomic E-state index is 0.361. The third kappa shape index (κ3) is 12.8. The van der Waals surface area contributed by atoms with Gasteiger partial charge in [0.2, 0.25) is 0 Å². The van der Waals surface area contributed by atoms with Gasteiger partial charge in [-0.3, -0.25) is 4.79 Å². The molecule has 3 N–H and O–H groups in total. The summed E-state index contributed by atoms with van der Waals surface area (Å²) in [6.07, 6.45) is 4.12. The van der Waals surface area contributed by atoms with Crippen molar-refractivity contribution in [1.29, 1.82) is 0 Å². The fraction of sp³-hybridized carbons (Fsp3) is 0.833. The van der Waals surface area contributed by atoms with E-state index in [-0.39, 0.29) is 5.91 Å². The first-order valence-electron chi connectivity index (χ1n) is 6.12. The van der Waals surface area contributed by atoms with E-state index in [4.69, 9.17) is 5.21 Å². The maximum Gasteiger partial charge on any atom is 0.265 e. The van der Waals surface area contributed by atoms with E-state index in [0.29, 0.717) is 12.0 Å². The largest absolute Gasteiger partial charge is 0.411 e. The standard InChI is InChI=1S/C12H25N3O2/c1-12(2,3)6-4-7-13-8-5-9-14-11(16)10-15-17/h10,13,17H,4-9H2,1-3H3,(H,14,16)/b15-10+. The van der Waals surface area contributed by atoms with Crippen LogP contribution in [0, 0.1) is 5.41 Å². The van der Waals surface area contributed by atoms with Crippen LogP contribution in [0.1, 0.15) is 40.0 Å². The lowest BCUT2D eigenvalue weighted by atomic mass is 9.91. The summed E-state index contributed by atoms with van der Waals surface area (Å²) in [5, 5.41) is 16.7. The number of hydrogen-bond donors (Lipinski definition) is 3. The highest BCUT2D eigenvalue weighted by atomic mass is 16.4. The van der Waals surface area contributed by atoms with Crippen LogP contribution in [-0.4, -0.2) is 37.0 Å². The van der Waals surface area contributed by atoms with E-state index in [1.807, 2.05) is 0 Å². The van der Waals surface area contributed by atoms with Gasteiger partial charge in [0, 0.05) is 6.54 Å². The van der Waals surface area contributed by atoms with Crippen LogP contribution in [0.4, 0.5) is 0 Å². The molecule has 5 heteroatoms. The lowest BCUT2D eigenvalue weighted by Gasteiger charge is -2.17. The Hall–Kier alpha value is -1.10. The summed E-state index contributed by atoms with van der Waals surface area (Å²) in [5.74, 6) is -0.361. The number of nitrogens with zero attached hydrogens (tertiary/aromatic N) is 1. The number of hydrogen-bond acceptors (Lipinski definition) is 4. The Morgan fingerprint density at radius 1 is 1.24 bits per heavy atom. The van der Waals surface area contributed by atoms with E-state index in [9.17, 15) is 4.79 Å². The molecule has 0 aromatic heterocycles. The van der Waals surface area contributed by atoms with Crippen LogP contribution in [0.2, 0.25) is 0 Å². The van der Waals surface area contributed by atoms with E-state index in [1.165, 1.54) is 12.8 Å². The quantitative estimate of drug-likeness (QED) is 0.261. The molecule has 0 atom stereocenters. The zero-order valence-corrected chi connectivity index (χ0v) is 11.1. The maximum atomic E-state index is 10.8. The first-order chi connectivity index (χ1) is 7.95.